The number of H-pyrrole nitrogens is 1. The lowest BCUT2D eigenvalue weighted by molar-refractivity contribution is -0.137. The Kier molecular flexibility index (Phi) is 5.49. The lowest BCUT2D eigenvalue weighted by Gasteiger charge is -2.23. The summed E-state index contributed by atoms with van der Waals surface area (Å²) in [4.78, 5) is 4.43. The van der Waals surface area contributed by atoms with E-state index in [1.807, 2.05) is 0 Å². The summed E-state index contributed by atoms with van der Waals surface area (Å²) in [6.07, 6.45) is -2.31. The van der Waals surface area contributed by atoms with Crippen LogP contribution in [0.5, 0.6) is 5.75 Å². The number of anilines is 1. The fraction of sp³-hybridized carbons (Fsp3) is 0.273. The van der Waals surface area contributed by atoms with Gasteiger partial charge < -0.3 is 14.8 Å². The molecule has 172 valence electrons. The summed E-state index contributed by atoms with van der Waals surface area (Å²) in [6, 6.07) is 6.10. The first kappa shape index (κ1) is 21.7. The number of rotatable bonds is 3. The summed E-state index contributed by atoms with van der Waals surface area (Å²) < 4.78 is 67.3. The van der Waals surface area contributed by atoms with Gasteiger partial charge in [0.05, 0.1) is 47.1 Å². The van der Waals surface area contributed by atoms with E-state index in [-0.39, 0.29) is 34.0 Å². The largest absolute Gasteiger partial charge is 0.487 e. The van der Waals surface area contributed by atoms with Crippen LogP contribution >= 0.6 is 11.6 Å². The van der Waals surface area contributed by atoms with Crippen LogP contribution in [-0.2, 0) is 10.9 Å². The average molecular weight is 481 g/mol. The summed E-state index contributed by atoms with van der Waals surface area (Å²) in [5.74, 6) is -0.798. The summed E-state index contributed by atoms with van der Waals surface area (Å²) in [7, 11) is 0. The highest BCUT2D eigenvalue weighted by Gasteiger charge is 2.36. The van der Waals surface area contributed by atoms with Crippen molar-refractivity contribution < 1.29 is 27.0 Å². The van der Waals surface area contributed by atoms with Gasteiger partial charge in [-0.2, -0.15) is 18.3 Å². The van der Waals surface area contributed by atoms with Gasteiger partial charge in [-0.3, -0.25) is 5.10 Å². The van der Waals surface area contributed by atoms with Gasteiger partial charge in [-0.05, 0) is 18.2 Å². The second-order valence-corrected chi connectivity index (χ2v) is 8.04. The molecule has 33 heavy (non-hydrogen) atoms. The Morgan fingerprint density at radius 3 is 2.70 bits per heavy atom. The molecule has 2 N–H and O–H groups in total. The topological polar surface area (TPSA) is 71.5 Å². The number of aliphatic imine (C=N–C) groups is 1. The number of hydrogen-bond acceptors (Lipinski definition) is 5. The number of amidine groups is 1. The van der Waals surface area contributed by atoms with Crippen molar-refractivity contribution in [2.75, 3.05) is 18.5 Å². The van der Waals surface area contributed by atoms with Gasteiger partial charge in [-0.1, -0.05) is 17.7 Å². The predicted octanol–water partition coefficient (Wildman–Crippen LogP) is 5.95. The van der Waals surface area contributed by atoms with Crippen molar-refractivity contribution in [3.63, 3.8) is 0 Å². The summed E-state index contributed by atoms with van der Waals surface area (Å²) in [5, 5.41) is 9.43. The third-order valence-corrected chi connectivity index (χ3v) is 5.78. The number of halogens is 5. The number of alkyl halides is 3. The number of benzene rings is 2. The number of aromatic amines is 1. The van der Waals surface area contributed by atoms with Gasteiger partial charge in [0, 0.05) is 30.0 Å². The molecule has 11 heteroatoms. The van der Waals surface area contributed by atoms with E-state index in [0.29, 0.717) is 43.0 Å². The van der Waals surface area contributed by atoms with Crippen LogP contribution in [0.4, 0.5) is 28.9 Å². The van der Waals surface area contributed by atoms with Crippen LogP contribution in [0, 0.1) is 5.82 Å². The van der Waals surface area contributed by atoms with E-state index < -0.39 is 17.6 Å². The number of fused-ring (bicyclic) bond motifs is 3. The van der Waals surface area contributed by atoms with Crippen molar-refractivity contribution >= 4 is 28.8 Å². The maximum Gasteiger partial charge on any atom is 0.417 e. The zero-order valence-electron chi connectivity index (χ0n) is 17.0. The summed E-state index contributed by atoms with van der Waals surface area (Å²) >= 11 is 6.19. The molecule has 0 bridgehead atoms. The van der Waals surface area contributed by atoms with Crippen molar-refractivity contribution in [3.05, 3.63) is 58.5 Å². The van der Waals surface area contributed by atoms with E-state index in [1.165, 1.54) is 30.5 Å². The molecule has 0 unspecified atom stereocenters. The zero-order valence-corrected chi connectivity index (χ0v) is 17.7. The first-order valence-electron chi connectivity index (χ1n) is 10.1. The van der Waals surface area contributed by atoms with Crippen molar-refractivity contribution in [2.24, 2.45) is 4.99 Å². The highest BCUT2D eigenvalue weighted by molar-refractivity contribution is 6.35. The normalized spacial score (nSPS) is 16.3. The highest BCUT2D eigenvalue weighted by Crippen LogP contribution is 2.43. The second-order valence-electron chi connectivity index (χ2n) is 7.63. The maximum absolute atomic E-state index is 14.9. The van der Waals surface area contributed by atoms with Crippen molar-refractivity contribution in [3.8, 4) is 17.0 Å². The first-order valence-corrected chi connectivity index (χ1v) is 10.5. The molecule has 2 aliphatic heterocycles. The molecule has 2 aliphatic rings. The van der Waals surface area contributed by atoms with Crippen LogP contribution < -0.4 is 10.1 Å². The Hall–Kier alpha value is -3.11. The van der Waals surface area contributed by atoms with E-state index in [9.17, 15) is 17.6 Å². The molecule has 1 fully saturated rings. The van der Waals surface area contributed by atoms with Crippen LogP contribution in [0.1, 0.15) is 24.0 Å². The van der Waals surface area contributed by atoms with Crippen LogP contribution in [-0.4, -0.2) is 35.4 Å². The molecule has 5 rings (SSSR count). The van der Waals surface area contributed by atoms with E-state index in [1.54, 1.807) is 0 Å². The van der Waals surface area contributed by atoms with Crippen LogP contribution in [0.25, 0.3) is 11.3 Å². The van der Waals surface area contributed by atoms with E-state index in [4.69, 9.17) is 21.1 Å². The van der Waals surface area contributed by atoms with Crippen LogP contribution in [0.2, 0.25) is 5.02 Å². The smallest absolute Gasteiger partial charge is 0.417 e. The van der Waals surface area contributed by atoms with Gasteiger partial charge in [0.1, 0.15) is 11.9 Å². The SMILES string of the molecule is Fc1cc2c(cc1OC1CCOCC1)N=C(c1c(Cl)cccc1C(F)(F)F)Nc1cn[nH]c1-2. The minimum Gasteiger partial charge on any atom is -0.487 e. The van der Waals surface area contributed by atoms with Gasteiger partial charge >= 0.3 is 6.18 Å². The van der Waals surface area contributed by atoms with Gasteiger partial charge in [0.2, 0.25) is 0 Å². The minimum atomic E-state index is -4.67. The Balaban J connectivity index is 1.66. The van der Waals surface area contributed by atoms with Crippen molar-refractivity contribution in [1.82, 2.24) is 10.2 Å². The molecule has 2 aromatic carbocycles. The first-order chi connectivity index (χ1) is 15.8. The molecular weight excluding hydrogens is 464 g/mol. The molecule has 3 heterocycles. The monoisotopic (exact) mass is 480 g/mol. The van der Waals surface area contributed by atoms with E-state index in [0.717, 1.165) is 6.07 Å². The molecule has 0 saturated carbocycles. The number of hydrogen-bond donors (Lipinski definition) is 2. The molecule has 0 radical (unpaired) electrons. The molecule has 0 amide bonds. The third-order valence-electron chi connectivity index (χ3n) is 5.46. The molecule has 1 aromatic heterocycles. The average Bonchev–Trinajstić information content (AvgIpc) is 3.18. The Morgan fingerprint density at radius 2 is 1.94 bits per heavy atom. The zero-order chi connectivity index (χ0) is 23.2. The van der Waals surface area contributed by atoms with E-state index >= 15 is 0 Å². The third kappa shape index (κ3) is 4.16. The fourth-order valence-electron chi connectivity index (χ4n) is 3.88. The van der Waals surface area contributed by atoms with Gasteiger partial charge in [0.15, 0.2) is 11.6 Å². The molecule has 0 atom stereocenters. The number of ether oxygens (including phenoxy) is 2. The van der Waals surface area contributed by atoms with Gasteiger partial charge in [0.25, 0.3) is 0 Å². The molecule has 3 aromatic rings. The summed E-state index contributed by atoms with van der Waals surface area (Å²) in [6.45, 7) is 1.02. The lowest BCUT2D eigenvalue weighted by Crippen LogP contribution is -2.26. The van der Waals surface area contributed by atoms with E-state index in [2.05, 4.69) is 20.5 Å². The number of nitrogens with one attached hydrogen (secondary N) is 2. The molecule has 1 saturated heterocycles. The van der Waals surface area contributed by atoms with Crippen molar-refractivity contribution in [2.45, 2.75) is 25.1 Å². The van der Waals surface area contributed by atoms with Gasteiger partial charge in [-0.25, -0.2) is 9.38 Å². The Bertz CT molecular complexity index is 1240. The fourth-order valence-corrected chi connectivity index (χ4v) is 4.14. The van der Waals surface area contributed by atoms with Crippen LogP contribution in [0.15, 0.2) is 41.5 Å². The highest BCUT2D eigenvalue weighted by atomic mass is 35.5. The molecule has 0 aliphatic carbocycles. The molecule has 6 nitrogen and oxygen atoms in total. The Labute approximate surface area is 190 Å². The quantitative estimate of drug-likeness (QED) is 0.454. The summed E-state index contributed by atoms with van der Waals surface area (Å²) in [5.41, 5.74) is -0.0308. The second kappa shape index (κ2) is 8.35. The minimum absolute atomic E-state index is 0.0399. The van der Waals surface area contributed by atoms with Crippen molar-refractivity contribution in [1.29, 1.82) is 0 Å². The predicted molar refractivity (Wildman–Crippen MR) is 115 cm³/mol. The molecule has 0 spiro atoms. The van der Waals surface area contributed by atoms with Gasteiger partial charge in [-0.15, -0.1) is 0 Å². The molecular formula is C22H17ClF4N4O2. The Morgan fingerprint density at radius 1 is 1.15 bits per heavy atom. The maximum atomic E-state index is 14.9. The number of aromatic nitrogens is 2. The van der Waals surface area contributed by atoms with Crippen LogP contribution in [0.3, 0.4) is 0 Å². The standard InChI is InChI=1S/C22H17ClF4N4O2/c23-14-3-1-2-13(22(25,26)27)19(14)21-29-16-9-18(33-11-4-6-32-7-5-11)15(24)8-12(16)20-17(30-21)10-28-31-20/h1-3,8-11H,4-7H2,(H,28,31)(H,29,30). The lowest BCUT2D eigenvalue weighted by atomic mass is 10.1. The number of nitrogens with zero attached hydrogens (tertiary/aromatic N) is 2.